The third-order valence-corrected chi connectivity index (χ3v) is 5.45. The second kappa shape index (κ2) is 10.5. The molecule has 3 rings (SSSR count). The lowest BCUT2D eigenvalue weighted by Crippen LogP contribution is -2.47. The highest BCUT2D eigenvalue weighted by Crippen LogP contribution is 2.28. The van der Waals surface area contributed by atoms with E-state index in [0.29, 0.717) is 12.1 Å². The van der Waals surface area contributed by atoms with Gasteiger partial charge in [0, 0.05) is 51.9 Å². The Balaban J connectivity index is 0.00000243. The summed E-state index contributed by atoms with van der Waals surface area (Å²) >= 11 is 0. The first kappa shape index (κ1) is 21.4. The van der Waals surface area contributed by atoms with Crippen LogP contribution in [0.5, 0.6) is 0 Å². The Hall–Kier alpha value is -0.860. The maximum Gasteiger partial charge on any atom is 0.191 e. The van der Waals surface area contributed by atoms with Gasteiger partial charge < -0.3 is 15.5 Å². The van der Waals surface area contributed by atoms with Crippen molar-refractivity contribution in [3.05, 3.63) is 35.9 Å². The monoisotopic (exact) mass is 471 g/mol. The van der Waals surface area contributed by atoms with Gasteiger partial charge >= 0.3 is 0 Å². The molecule has 2 aliphatic rings. The van der Waals surface area contributed by atoms with Crippen molar-refractivity contribution in [2.24, 2.45) is 10.9 Å². The fourth-order valence-electron chi connectivity index (χ4n) is 3.60. The zero-order valence-corrected chi connectivity index (χ0v) is 18.6. The van der Waals surface area contributed by atoms with Crippen LogP contribution >= 0.6 is 24.0 Å². The lowest BCUT2D eigenvalue weighted by Gasteiger charge is -2.40. The van der Waals surface area contributed by atoms with E-state index in [4.69, 9.17) is 0 Å². The first-order chi connectivity index (χ1) is 12.2. The van der Waals surface area contributed by atoms with E-state index in [0.717, 1.165) is 51.0 Å². The predicted octanol–water partition coefficient (Wildman–Crippen LogP) is 2.56. The molecule has 1 aromatic carbocycles. The van der Waals surface area contributed by atoms with Gasteiger partial charge in [0.2, 0.25) is 0 Å². The summed E-state index contributed by atoms with van der Waals surface area (Å²) in [5.41, 5.74) is 1.43. The largest absolute Gasteiger partial charge is 0.356 e. The van der Waals surface area contributed by atoms with Crippen molar-refractivity contribution in [1.29, 1.82) is 0 Å². The molecule has 146 valence electrons. The minimum absolute atomic E-state index is 0. The summed E-state index contributed by atoms with van der Waals surface area (Å²) < 4.78 is 0. The zero-order chi connectivity index (χ0) is 17.6. The second-order valence-corrected chi connectivity index (χ2v) is 7.54. The average molecular weight is 471 g/mol. The molecule has 3 unspecified atom stereocenters. The molecule has 0 spiro atoms. The third-order valence-electron chi connectivity index (χ3n) is 5.45. The Morgan fingerprint density at radius 3 is 2.62 bits per heavy atom. The molecule has 1 aliphatic heterocycles. The van der Waals surface area contributed by atoms with Crippen LogP contribution in [0.3, 0.4) is 0 Å². The van der Waals surface area contributed by atoms with Gasteiger partial charge in [-0.15, -0.1) is 24.0 Å². The molecule has 3 atom stereocenters. The van der Waals surface area contributed by atoms with Crippen molar-refractivity contribution in [2.45, 2.75) is 31.8 Å². The van der Waals surface area contributed by atoms with Gasteiger partial charge in [0.05, 0.1) is 0 Å². The number of piperazine rings is 1. The van der Waals surface area contributed by atoms with E-state index in [1.54, 1.807) is 0 Å². The van der Waals surface area contributed by atoms with E-state index in [2.05, 4.69) is 69.7 Å². The minimum atomic E-state index is 0. The van der Waals surface area contributed by atoms with Crippen molar-refractivity contribution < 1.29 is 0 Å². The normalized spacial score (nSPS) is 26.9. The maximum atomic E-state index is 4.33. The van der Waals surface area contributed by atoms with Gasteiger partial charge in [-0.1, -0.05) is 37.3 Å². The Bertz CT molecular complexity index is 565. The molecule has 1 saturated heterocycles. The number of hydrogen-bond donors (Lipinski definition) is 2. The predicted molar refractivity (Wildman–Crippen MR) is 120 cm³/mol. The van der Waals surface area contributed by atoms with E-state index in [-0.39, 0.29) is 24.0 Å². The Labute approximate surface area is 175 Å². The number of hydrogen-bond acceptors (Lipinski definition) is 3. The van der Waals surface area contributed by atoms with Crippen LogP contribution in [0.4, 0.5) is 0 Å². The van der Waals surface area contributed by atoms with Gasteiger partial charge in [-0.3, -0.25) is 9.89 Å². The molecule has 1 heterocycles. The molecule has 1 saturated carbocycles. The number of halogens is 1. The summed E-state index contributed by atoms with van der Waals surface area (Å²) in [7, 11) is 4.08. The maximum absolute atomic E-state index is 4.33. The van der Waals surface area contributed by atoms with Gasteiger partial charge in [-0.25, -0.2) is 0 Å². The highest BCUT2D eigenvalue weighted by Gasteiger charge is 2.33. The van der Waals surface area contributed by atoms with E-state index >= 15 is 0 Å². The van der Waals surface area contributed by atoms with E-state index in [1.165, 1.54) is 12.0 Å². The molecule has 0 bridgehead atoms. The summed E-state index contributed by atoms with van der Waals surface area (Å²) in [4.78, 5) is 9.41. The highest BCUT2D eigenvalue weighted by atomic mass is 127. The lowest BCUT2D eigenvalue weighted by molar-refractivity contribution is 0.0891. The summed E-state index contributed by atoms with van der Waals surface area (Å²) in [6.45, 7) is 7.77. The number of nitrogens with zero attached hydrogens (tertiary/aromatic N) is 3. The smallest absolute Gasteiger partial charge is 0.191 e. The molecule has 0 aromatic heterocycles. The third kappa shape index (κ3) is 6.09. The van der Waals surface area contributed by atoms with Gasteiger partial charge in [0.1, 0.15) is 0 Å². The van der Waals surface area contributed by atoms with Crippen LogP contribution in [0.2, 0.25) is 0 Å². The number of rotatable bonds is 6. The SMILES string of the molecule is CN=C(NCCCN1CCN(C)CC1c1ccccc1)NC1CC1C.I. The van der Waals surface area contributed by atoms with Crippen LogP contribution in [-0.2, 0) is 0 Å². The minimum Gasteiger partial charge on any atom is -0.356 e. The lowest BCUT2D eigenvalue weighted by atomic mass is 10.0. The van der Waals surface area contributed by atoms with Crippen molar-refractivity contribution >= 4 is 29.9 Å². The van der Waals surface area contributed by atoms with Gasteiger partial charge in [0.15, 0.2) is 5.96 Å². The standard InChI is InChI=1S/C20H33N5.HI/c1-16-14-18(16)23-20(21-2)22-10-7-11-25-13-12-24(3)15-19(25)17-8-5-4-6-9-17;/h4-6,8-9,16,18-19H,7,10-15H2,1-3H3,(H2,21,22,23);1H. The van der Waals surface area contributed by atoms with Crippen molar-refractivity contribution in [3.63, 3.8) is 0 Å². The molecule has 1 aliphatic carbocycles. The molecule has 26 heavy (non-hydrogen) atoms. The molecule has 2 fully saturated rings. The van der Waals surface area contributed by atoms with Crippen molar-refractivity contribution in [2.75, 3.05) is 46.8 Å². The number of guanidine groups is 1. The van der Waals surface area contributed by atoms with E-state index in [9.17, 15) is 0 Å². The fourth-order valence-corrected chi connectivity index (χ4v) is 3.60. The number of aliphatic imine (C=N–C) groups is 1. The topological polar surface area (TPSA) is 42.9 Å². The van der Waals surface area contributed by atoms with Crippen molar-refractivity contribution in [3.8, 4) is 0 Å². The van der Waals surface area contributed by atoms with Crippen LogP contribution in [0.1, 0.15) is 31.4 Å². The van der Waals surface area contributed by atoms with Gasteiger partial charge in [-0.05, 0) is 31.4 Å². The van der Waals surface area contributed by atoms with E-state index < -0.39 is 0 Å². The Morgan fingerprint density at radius 2 is 1.96 bits per heavy atom. The van der Waals surface area contributed by atoms with Gasteiger partial charge in [-0.2, -0.15) is 0 Å². The molecule has 6 heteroatoms. The second-order valence-electron chi connectivity index (χ2n) is 7.54. The Morgan fingerprint density at radius 1 is 1.23 bits per heavy atom. The van der Waals surface area contributed by atoms with Crippen LogP contribution in [0, 0.1) is 5.92 Å². The summed E-state index contributed by atoms with van der Waals surface area (Å²) in [5, 5.41) is 6.95. The van der Waals surface area contributed by atoms with Gasteiger partial charge in [0.25, 0.3) is 0 Å². The molecular weight excluding hydrogens is 437 g/mol. The Kier molecular flexibility index (Phi) is 8.63. The van der Waals surface area contributed by atoms with Crippen LogP contribution in [-0.4, -0.2) is 68.6 Å². The molecule has 2 N–H and O–H groups in total. The number of nitrogens with one attached hydrogen (secondary N) is 2. The van der Waals surface area contributed by atoms with Crippen LogP contribution in [0.15, 0.2) is 35.3 Å². The first-order valence-corrected chi connectivity index (χ1v) is 9.62. The van der Waals surface area contributed by atoms with Crippen LogP contribution in [0.25, 0.3) is 0 Å². The quantitative estimate of drug-likeness (QED) is 0.290. The molecule has 0 amide bonds. The average Bonchev–Trinajstić information content (AvgIpc) is 3.34. The molecule has 0 radical (unpaired) electrons. The fraction of sp³-hybridized carbons (Fsp3) is 0.650. The highest BCUT2D eigenvalue weighted by molar-refractivity contribution is 14.0. The molecule has 1 aromatic rings. The first-order valence-electron chi connectivity index (χ1n) is 9.62. The van der Waals surface area contributed by atoms with E-state index in [1.807, 2.05) is 7.05 Å². The summed E-state index contributed by atoms with van der Waals surface area (Å²) in [6, 6.07) is 12.0. The summed E-state index contributed by atoms with van der Waals surface area (Å²) in [5.74, 6) is 1.74. The molecule has 5 nitrogen and oxygen atoms in total. The summed E-state index contributed by atoms with van der Waals surface area (Å²) in [6.07, 6.45) is 2.40. The molecular formula is C20H34IN5. The zero-order valence-electron chi connectivity index (χ0n) is 16.3. The number of likely N-dealkylation sites (N-methyl/N-ethyl adjacent to an activating group) is 1. The van der Waals surface area contributed by atoms with Crippen molar-refractivity contribution in [1.82, 2.24) is 20.4 Å². The number of benzene rings is 1. The van der Waals surface area contributed by atoms with Crippen LogP contribution < -0.4 is 10.6 Å².